The molecule has 0 radical (unpaired) electrons. The molecule has 1 N–H and O–H groups in total. The molecule has 0 spiro atoms. The van der Waals surface area contributed by atoms with Crippen LogP contribution in [0.4, 0.5) is 11.4 Å². The Kier molecular flexibility index (Phi) is 5.15. The average molecular weight is 453 g/mol. The molecule has 8 nitrogen and oxygen atoms in total. The van der Waals surface area contributed by atoms with Crippen molar-refractivity contribution in [3.63, 3.8) is 0 Å². The molecule has 1 atom stereocenters. The lowest BCUT2D eigenvalue weighted by Crippen LogP contribution is -2.36. The van der Waals surface area contributed by atoms with Crippen LogP contribution in [0.5, 0.6) is 0 Å². The van der Waals surface area contributed by atoms with E-state index in [1.807, 2.05) is 0 Å². The van der Waals surface area contributed by atoms with Crippen LogP contribution in [-0.4, -0.2) is 52.1 Å². The topological polar surface area (TPSA) is 93.1 Å². The van der Waals surface area contributed by atoms with E-state index in [4.69, 9.17) is 4.74 Å². The number of rotatable bonds is 4. The summed E-state index contributed by atoms with van der Waals surface area (Å²) in [5.74, 6) is -0.543. The van der Waals surface area contributed by atoms with Crippen molar-refractivity contribution in [3.05, 3.63) is 72.1 Å². The van der Waals surface area contributed by atoms with Gasteiger partial charge in [0.25, 0.3) is 0 Å². The van der Waals surface area contributed by atoms with Gasteiger partial charge in [-0.3, -0.25) is 4.79 Å². The number of morpholine rings is 1. The molecular weight excluding hydrogens is 428 g/mol. The molecule has 8 heteroatoms. The Bertz CT molecular complexity index is 1400. The van der Waals surface area contributed by atoms with Crippen LogP contribution in [0.25, 0.3) is 22.2 Å². The number of anilines is 2. The Balaban J connectivity index is 1.44. The van der Waals surface area contributed by atoms with Crippen molar-refractivity contribution in [1.82, 2.24) is 19.9 Å². The lowest BCUT2D eigenvalue weighted by atomic mass is 9.88. The SMILES string of the molecule is CCc1ccc(-c2ncnc3cc(N4CCOCC4)ccc23)cc1C1C(=O)Nc2cncnc21. The summed E-state index contributed by atoms with van der Waals surface area (Å²) in [6.45, 7) is 5.32. The first kappa shape index (κ1) is 20.7. The van der Waals surface area contributed by atoms with Gasteiger partial charge in [-0.05, 0) is 41.8 Å². The van der Waals surface area contributed by atoms with E-state index in [1.54, 1.807) is 12.5 Å². The first-order valence-electron chi connectivity index (χ1n) is 11.5. The van der Waals surface area contributed by atoms with Crippen molar-refractivity contribution < 1.29 is 9.53 Å². The van der Waals surface area contributed by atoms with Crippen molar-refractivity contribution in [3.8, 4) is 11.3 Å². The zero-order chi connectivity index (χ0) is 23.1. The van der Waals surface area contributed by atoms with Gasteiger partial charge in [0, 0.05) is 29.7 Å². The number of ether oxygens (including phenoxy) is 1. The Morgan fingerprint density at radius 3 is 2.79 bits per heavy atom. The van der Waals surface area contributed by atoms with Crippen molar-refractivity contribution in [1.29, 1.82) is 0 Å². The molecule has 1 unspecified atom stereocenters. The number of hydrogen-bond acceptors (Lipinski definition) is 7. The van der Waals surface area contributed by atoms with Crippen LogP contribution in [0.3, 0.4) is 0 Å². The van der Waals surface area contributed by atoms with Crippen molar-refractivity contribution in [2.75, 3.05) is 36.5 Å². The predicted octanol–water partition coefficient (Wildman–Crippen LogP) is 3.57. The number of aryl methyl sites for hydroxylation is 1. The molecule has 1 amide bonds. The third-order valence-corrected chi connectivity index (χ3v) is 6.64. The van der Waals surface area contributed by atoms with Gasteiger partial charge in [0.05, 0.1) is 42.0 Å². The summed E-state index contributed by atoms with van der Waals surface area (Å²) in [6.07, 6.45) is 5.57. The lowest BCUT2D eigenvalue weighted by Gasteiger charge is -2.29. The van der Waals surface area contributed by atoms with Gasteiger partial charge in [0.15, 0.2) is 0 Å². The van der Waals surface area contributed by atoms with E-state index in [-0.39, 0.29) is 5.91 Å². The normalized spacial score (nSPS) is 17.6. The summed E-state index contributed by atoms with van der Waals surface area (Å²) in [5, 5.41) is 3.90. The molecule has 34 heavy (non-hydrogen) atoms. The number of benzene rings is 2. The van der Waals surface area contributed by atoms with Gasteiger partial charge < -0.3 is 15.0 Å². The predicted molar refractivity (Wildman–Crippen MR) is 130 cm³/mol. The highest BCUT2D eigenvalue weighted by Crippen LogP contribution is 2.39. The third kappa shape index (κ3) is 3.47. The summed E-state index contributed by atoms with van der Waals surface area (Å²) in [5.41, 5.74) is 7.29. The molecule has 2 aliphatic heterocycles. The summed E-state index contributed by atoms with van der Waals surface area (Å²) < 4.78 is 5.48. The molecule has 170 valence electrons. The van der Waals surface area contributed by atoms with Crippen LogP contribution >= 0.6 is 0 Å². The molecule has 0 saturated carbocycles. The minimum Gasteiger partial charge on any atom is -0.378 e. The Morgan fingerprint density at radius 1 is 1.06 bits per heavy atom. The second kappa shape index (κ2) is 8.46. The van der Waals surface area contributed by atoms with E-state index in [2.05, 4.69) is 73.5 Å². The van der Waals surface area contributed by atoms with Crippen LogP contribution in [-0.2, 0) is 16.0 Å². The first-order chi connectivity index (χ1) is 16.7. The van der Waals surface area contributed by atoms with E-state index in [1.165, 1.54) is 6.33 Å². The van der Waals surface area contributed by atoms with Gasteiger partial charge in [-0.2, -0.15) is 0 Å². The molecule has 1 fully saturated rings. The summed E-state index contributed by atoms with van der Waals surface area (Å²) >= 11 is 0. The van der Waals surface area contributed by atoms with Gasteiger partial charge >= 0.3 is 0 Å². The highest BCUT2D eigenvalue weighted by atomic mass is 16.5. The largest absolute Gasteiger partial charge is 0.378 e. The molecule has 6 rings (SSSR count). The molecule has 4 heterocycles. The lowest BCUT2D eigenvalue weighted by molar-refractivity contribution is -0.116. The van der Waals surface area contributed by atoms with Gasteiger partial charge in [-0.15, -0.1) is 0 Å². The fourth-order valence-electron chi connectivity index (χ4n) is 4.91. The Labute approximate surface area is 197 Å². The fourth-order valence-corrected chi connectivity index (χ4v) is 4.91. The molecular formula is C26H24N6O2. The number of hydrogen-bond donors (Lipinski definition) is 1. The number of carbonyl (C=O) groups is 1. The minimum absolute atomic E-state index is 0.0787. The van der Waals surface area contributed by atoms with Gasteiger partial charge in [0.1, 0.15) is 18.6 Å². The van der Waals surface area contributed by atoms with Crippen LogP contribution in [0, 0.1) is 0 Å². The number of amides is 1. The van der Waals surface area contributed by atoms with Crippen molar-refractivity contribution in [2.24, 2.45) is 0 Å². The van der Waals surface area contributed by atoms with Gasteiger partial charge in [0.2, 0.25) is 5.91 Å². The summed E-state index contributed by atoms with van der Waals surface area (Å²) in [6, 6.07) is 12.6. The van der Waals surface area contributed by atoms with E-state index >= 15 is 0 Å². The van der Waals surface area contributed by atoms with Crippen LogP contribution in [0.15, 0.2) is 55.2 Å². The first-order valence-corrected chi connectivity index (χ1v) is 11.5. The third-order valence-electron chi connectivity index (χ3n) is 6.64. The second-order valence-electron chi connectivity index (χ2n) is 8.53. The highest BCUT2D eigenvalue weighted by molar-refractivity contribution is 6.04. The van der Waals surface area contributed by atoms with Crippen LogP contribution in [0.2, 0.25) is 0 Å². The van der Waals surface area contributed by atoms with E-state index in [0.29, 0.717) is 5.69 Å². The van der Waals surface area contributed by atoms with E-state index in [0.717, 1.165) is 77.4 Å². The second-order valence-corrected chi connectivity index (χ2v) is 8.53. The number of fused-ring (bicyclic) bond motifs is 2. The van der Waals surface area contributed by atoms with Crippen LogP contribution in [0.1, 0.15) is 29.7 Å². The van der Waals surface area contributed by atoms with Gasteiger partial charge in [-0.25, -0.2) is 19.9 Å². The quantitative estimate of drug-likeness (QED) is 0.506. The highest BCUT2D eigenvalue weighted by Gasteiger charge is 2.35. The summed E-state index contributed by atoms with van der Waals surface area (Å²) in [7, 11) is 0. The van der Waals surface area contributed by atoms with Crippen molar-refractivity contribution >= 4 is 28.2 Å². The molecule has 2 aromatic carbocycles. The van der Waals surface area contributed by atoms with Crippen LogP contribution < -0.4 is 10.2 Å². The smallest absolute Gasteiger partial charge is 0.238 e. The molecule has 1 saturated heterocycles. The molecule has 2 aromatic heterocycles. The maximum absolute atomic E-state index is 12.9. The standard InChI is InChI=1S/C26H24N6O2/c1-2-16-3-4-17(11-20(16)23-25-22(31-26(23)33)13-27-14-29-25)24-19-6-5-18(12-21(19)28-15-30-24)32-7-9-34-10-8-32/h3-6,11-15,23H,2,7-10H2,1H3,(H,31,33). The van der Waals surface area contributed by atoms with E-state index in [9.17, 15) is 4.79 Å². The zero-order valence-corrected chi connectivity index (χ0v) is 18.9. The number of carbonyl (C=O) groups excluding carboxylic acids is 1. The maximum Gasteiger partial charge on any atom is 0.238 e. The number of aromatic nitrogens is 4. The monoisotopic (exact) mass is 452 g/mol. The van der Waals surface area contributed by atoms with Gasteiger partial charge in [-0.1, -0.05) is 19.1 Å². The Hall–Kier alpha value is -3.91. The zero-order valence-electron chi connectivity index (χ0n) is 18.9. The number of nitrogens with one attached hydrogen (secondary N) is 1. The minimum atomic E-state index is -0.464. The molecule has 4 aromatic rings. The fraction of sp³-hybridized carbons (Fsp3) is 0.269. The molecule has 2 aliphatic rings. The molecule has 0 bridgehead atoms. The van der Waals surface area contributed by atoms with E-state index < -0.39 is 5.92 Å². The van der Waals surface area contributed by atoms with Crippen molar-refractivity contribution in [2.45, 2.75) is 19.3 Å². The maximum atomic E-state index is 12.9. The average Bonchev–Trinajstić information content (AvgIpc) is 3.23. The molecule has 0 aliphatic carbocycles. The Morgan fingerprint density at radius 2 is 1.94 bits per heavy atom. The summed E-state index contributed by atoms with van der Waals surface area (Å²) in [4.78, 5) is 32.9. The number of nitrogens with zero attached hydrogens (tertiary/aromatic N) is 5.